The summed E-state index contributed by atoms with van der Waals surface area (Å²) in [5.74, 6) is -0.458. The highest BCUT2D eigenvalue weighted by molar-refractivity contribution is 6.31. The van der Waals surface area contributed by atoms with E-state index < -0.39 is 10.8 Å². The molecule has 0 unspecified atom stereocenters. The molecule has 7 heteroatoms. The molecule has 1 rings (SSSR count). The number of nitrogens with one attached hydrogen (secondary N) is 2. The maximum absolute atomic E-state index is 11.8. The van der Waals surface area contributed by atoms with Crippen LogP contribution in [0.25, 0.3) is 0 Å². The summed E-state index contributed by atoms with van der Waals surface area (Å²) in [5, 5.41) is 16.9. The third kappa shape index (κ3) is 4.84. The summed E-state index contributed by atoms with van der Waals surface area (Å²) in [5.41, 5.74) is -0.255. The Hall–Kier alpha value is -1.66. The number of amides is 1. The van der Waals surface area contributed by atoms with Crippen molar-refractivity contribution in [1.82, 2.24) is 10.6 Å². The highest BCUT2D eigenvalue weighted by Crippen LogP contribution is 2.22. The topological polar surface area (TPSA) is 84.3 Å². The molecule has 0 aromatic heterocycles. The molecule has 0 spiro atoms. The molecular weight excluding hydrogens is 270 g/mol. The van der Waals surface area contributed by atoms with Crippen LogP contribution in [-0.4, -0.2) is 30.5 Å². The minimum atomic E-state index is -0.612. The average Bonchev–Trinajstić information content (AvgIpc) is 2.38. The van der Waals surface area contributed by atoms with E-state index in [4.69, 9.17) is 11.6 Å². The molecule has 6 nitrogen and oxygen atoms in total. The van der Waals surface area contributed by atoms with E-state index in [1.54, 1.807) is 0 Å². The minimum absolute atomic E-state index is 0.0258. The number of nitro groups is 1. The van der Waals surface area contributed by atoms with E-state index in [9.17, 15) is 14.9 Å². The minimum Gasteiger partial charge on any atom is -0.352 e. The first-order chi connectivity index (χ1) is 9.06. The summed E-state index contributed by atoms with van der Waals surface area (Å²) in [4.78, 5) is 22.1. The number of carbonyl (C=O) groups is 1. The maximum atomic E-state index is 11.8. The molecule has 0 saturated heterocycles. The second-order valence-electron chi connectivity index (χ2n) is 3.88. The fraction of sp³-hybridized carbons (Fsp3) is 0.417. The Labute approximate surface area is 116 Å². The molecule has 0 atom stereocenters. The Bertz CT molecular complexity index is 466. The number of nitrogens with zero attached hydrogens (tertiary/aromatic N) is 1. The molecule has 1 aromatic rings. The fourth-order valence-corrected chi connectivity index (χ4v) is 1.70. The molecule has 0 heterocycles. The number of halogens is 1. The van der Waals surface area contributed by atoms with E-state index in [1.807, 2.05) is 6.92 Å². The molecular formula is C12H16ClN3O3. The van der Waals surface area contributed by atoms with E-state index in [2.05, 4.69) is 10.6 Å². The van der Waals surface area contributed by atoms with E-state index in [0.29, 0.717) is 6.54 Å². The third-order valence-corrected chi connectivity index (χ3v) is 2.70. The lowest BCUT2D eigenvalue weighted by Gasteiger charge is -2.06. The quantitative estimate of drug-likeness (QED) is 0.456. The molecule has 1 amide bonds. The Balaban J connectivity index is 2.64. The zero-order valence-corrected chi connectivity index (χ0v) is 11.4. The van der Waals surface area contributed by atoms with Crippen LogP contribution in [0.15, 0.2) is 18.2 Å². The van der Waals surface area contributed by atoms with Crippen LogP contribution in [0.2, 0.25) is 5.02 Å². The van der Waals surface area contributed by atoms with Crippen molar-refractivity contribution in [3.63, 3.8) is 0 Å². The summed E-state index contributed by atoms with van der Waals surface area (Å²) in [7, 11) is 0. The van der Waals surface area contributed by atoms with Crippen molar-refractivity contribution in [3.05, 3.63) is 38.9 Å². The van der Waals surface area contributed by atoms with Crippen LogP contribution >= 0.6 is 11.6 Å². The second kappa shape index (κ2) is 7.70. The Morgan fingerprint density at radius 2 is 2.16 bits per heavy atom. The van der Waals surface area contributed by atoms with Crippen LogP contribution in [0, 0.1) is 10.1 Å². The first kappa shape index (κ1) is 15.4. The predicted octanol–water partition coefficient (Wildman–Crippen LogP) is 1.98. The molecule has 0 saturated carbocycles. The van der Waals surface area contributed by atoms with E-state index in [1.165, 1.54) is 18.2 Å². The Morgan fingerprint density at radius 3 is 2.79 bits per heavy atom. The van der Waals surface area contributed by atoms with Crippen LogP contribution in [-0.2, 0) is 0 Å². The van der Waals surface area contributed by atoms with Crippen molar-refractivity contribution in [3.8, 4) is 0 Å². The average molecular weight is 286 g/mol. The molecule has 0 aliphatic rings. The van der Waals surface area contributed by atoms with Crippen LogP contribution in [0.4, 0.5) is 5.69 Å². The predicted molar refractivity (Wildman–Crippen MR) is 73.6 cm³/mol. The van der Waals surface area contributed by atoms with Crippen LogP contribution in [0.3, 0.4) is 0 Å². The zero-order valence-electron chi connectivity index (χ0n) is 10.6. The van der Waals surface area contributed by atoms with Gasteiger partial charge < -0.3 is 10.6 Å². The summed E-state index contributed by atoms with van der Waals surface area (Å²) in [6, 6.07) is 4.00. The molecule has 2 N–H and O–H groups in total. The molecule has 1 aromatic carbocycles. The van der Waals surface area contributed by atoms with Gasteiger partial charge in [-0.05, 0) is 31.6 Å². The number of rotatable bonds is 7. The summed E-state index contributed by atoms with van der Waals surface area (Å²) >= 11 is 5.68. The van der Waals surface area contributed by atoms with Crippen molar-refractivity contribution >= 4 is 23.2 Å². The molecule has 0 bridgehead atoms. The van der Waals surface area contributed by atoms with Gasteiger partial charge in [-0.1, -0.05) is 18.5 Å². The van der Waals surface area contributed by atoms with Crippen molar-refractivity contribution in [1.29, 1.82) is 0 Å². The number of hydrogen-bond donors (Lipinski definition) is 2. The van der Waals surface area contributed by atoms with Crippen LogP contribution in [0.1, 0.15) is 23.7 Å². The summed E-state index contributed by atoms with van der Waals surface area (Å²) < 4.78 is 0. The lowest BCUT2D eigenvalue weighted by atomic mass is 10.1. The van der Waals surface area contributed by atoms with Gasteiger partial charge in [0.25, 0.3) is 11.6 Å². The first-order valence-electron chi connectivity index (χ1n) is 5.99. The number of benzene rings is 1. The standard InChI is InChI=1S/C12H16ClN3O3/c1-2-14-6-3-7-15-12(17)10-5-4-9(13)8-11(10)16(18)19/h4-5,8,14H,2-3,6-7H2,1H3,(H,15,17). The van der Waals surface area contributed by atoms with Gasteiger partial charge in [0, 0.05) is 17.6 Å². The van der Waals surface area contributed by atoms with Gasteiger partial charge in [0.15, 0.2) is 0 Å². The SMILES string of the molecule is CCNCCCNC(=O)c1ccc(Cl)cc1[N+](=O)[O-]. The van der Waals surface area contributed by atoms with Gasteiger partial charge in [-0.3, -0.25) is 14.9 Å². The maximum Gasteiger partial charge on any atom is 0.283 e. The molecule has 19 heavy (non-hydrogen) atoms. The number of carbonyl (C=O) groups excluding carboxylic acids is 1. The van der Waals surface area contributed by atoms with Gasteiger partial charge >= 0.3 is 0 Å². The van der Waals surface area contributed by atoms with E-state index in [0.717, 1.165) is 19.5 Å². The van der Waals surface area contributed by atoms with Crippen molar-refractivity contribution in [2.45, 2.75) is 13.3 Å². The number of nitro benzene ring substituents is 1. The van der Waals surface area contributed by atoms with Crippen molar-refractivity contribution in [2.24, 2.45) is 0 Å². The highest BCUT2D eigenvalue weighted by atomic mass is 35.5. The molecule has 0 aliphatic heterocycles. The molecule has 0 radical (unpaired) electrons. The fourth-order valence-electron chi connectivity index (χ4n) is 1.54. The van der Waals surface area contributed by atoms with Gasteiger partial charge in [-0.25, -0.2) is 0 Å². The van der Waals surface area contributed by atoms with E-state index in [-0.39, 0.29) is 16.3 Å². The Kier molecular flexibility index (Phi) is 6.24. The monoisotopic (exact) mass is 285 g/mol. The smallest absolute Gasteiger partial charge is 0.283 e. The first-order valence-corrected chi connectivity index (χ1v) is 6.37. The molecule has 104 valence electrons. The third-order valence-electron chi connectivity index (χ3n) is 2.47. The van der Waals surface area contributed by atoms with Gasteiger partial charge in [0.2, 0.25) is 0 Å². The van der Waals surface area contributed by atoms with Crippen molar-refractivity contribution in [2.75, 3.05) is 19.6 Å². The lowest BCUT2D eigenvalue weighted by Crippen LogP contribution is -2.27. The second-order valence-corrected chi connectivity index (χ2v) is 4.32. The molecule has 0 fully saturated rings. The van der Waals surface area contributed by atoms with Gasteiger partial charge in [-0.15, -0.1) is 0 Å². The van der Waals surface area contributed by atoms with Crippen LogP contribution in [0.5, 0.6) is 0 Å². The summed E-state index contributed by atoms with van der Waals surface area (Å²) in [6.07, 6.45) is 0.765. The lowest BCUT2D eigenvalue weighted by molar-refractivity contribution is -0.385. The largest absolute Gasteiger partial charge is 0.352 e. The normalized spacial score (nSPS) is 10.2. The van der Waals surface area contributed by atoms with Gasteiger partial charge in [-0.2, -0.15) is 0 Å². The van der Waals surface area contributed by atoms with Gasteiger partial charge in [0.05, 0.1) is 4.92 Å². The van der Waals surface area contributed by atoms with Gasteiger partial charge in [0.1, 0.15) is 5.56 Å². The van der Waals surface area contributed by atoms with Crippen molar-refractivity contribution < 1.29 is 9.72 Å². The van der Waals surface area contributed by atoms with E-state index >= 15 is 0 Å². The molecule has 0 aliphatic carbocycles. The summed E-state index contributed by atoms with van der Waals surface area (Å²) in [6.45, 7) is 4.12. The zero-order chi connectivity index (χ0) is 14.3. The highest BCUT2D eigenvalue weighted by Gasteiger charge is 2.19. The number of hydrogen-bond acceptors (Lipinski definition) is 4. The Morgan fingerprint density at radius 1 is 1.42 bits per heavy atom. The van der Waals surface area contributed by atoms with Crippen LogP contribution < -0.4 is 10.6 Å².